The van der Waals surface area contributed by atoms with Crippen LogP contribution in [0.5, 0.6) is 0 Å². The Bertz CT molecular complexity index is 1630. The van der Waals surface area contributed by atoms with Crippen LogP contribution < -0.4 is 0 Å². The smallest absolute Gasteiger partial charge is 0.306 e. The van der Waals surface area contributed by atoms with Crippen LogP contribution in [0.2, 0.25) is 0 Å². The first-order valence-electron chi connectivity index (χ1n) is 29.3. The SMILES string of the molecule is CC/C=C\C/C=C\C/C=C\C/C=C\C/C=C\C/C=C\C/C=C\C/C=C\CCCCC(=O)OCC(COC(=O)CCCCC/C=C\C/C=C\C/C=C\CC)OC(=O)CCCCCCC/C=C\CCCCCCCC. The molecule has 6 nitrogen and oxygen atoms in total. The topological polar surface area (TPSA) is 78.9 Å². The van der Waals surface area contributed by atoms with Crippen molar-refractivity contribution in [3.63, 3.8) is 0 Å². The lowest BCUT2D eigenvalue weighted by Crippen LogP contribution is -2.30. The van der Waals surface area contributed by atoms with Crippen molar-refractivity contribution in [1.29, 1.82) is 0 Å². The molecule has 73 heavy (non-hydrogen) atoms. The molecule has 0 amide bonds. The highest BCUT2D eigenvalue weighted by Crippen LogP contribution is 2.13. The van der Waals surface area contributed by atoms with Crippen LogP contribution in [0.15, 0.2) is 146 Å². The molecule has 0 radical (unpaired) electrons. The van der Waals surface area contributed by atoms with Gasteiger partial charge in [-0.3, -0.25) is 14.4 Å². The third-order valence-corrected chi connectivity index (χ3v) is 11.8. The first kappa shape index (κ1) is 68.3. The Balaban J connectivity index is 4.47. The van der Waals surface area contributed by atoms with Gasteiger partial charge in [-0.1, -0.05) is 224 Å². The molecule has 6 heteroatoms. The van der Waals surface area contributed by atoms with Crippen LogP contribution in [0.4, 0.5) is 0 Å². The van der Waals surface area contributed by atoms with Gasteiger partial charge in [-0.2, -0.15) is 0 Å². The summed E-state index contributed by atoms with van der Waals surface area (Å²) in [4.78, 5) is 38.1. The number of hydrogen-bond acceptors (Lipinski definition) is 6. The summed E-state index contributed by atoms with van der Waals surface area (Å²) in [6, 6.07) is 0. The number of carbonyl (C=O) groups is 3. The minimum absolute atomic E-state index is 0.116. The second kappa shape index (κ2) is 59.8. The third kappa shape index (κ3) is 58.1. The molecule has 0 rings (SSSR count). The number of allylic oxidation sites excluding steroid dienone is 24. The van der Waals surface area contributed by atoms with Crippen LogP contribution in [0, 0.1) is 0 Å². The standard InChI is InChI=1S/C67H106O6/c1-4-7-10-13-16-19-22-25-27-28-29-30-31-32-33-34-35-36-37-38-40-42-45-48-51-54-57-60-66(69)72-63-64(62-71-65(68)59-56-53-50-47-44-41-24-21-18-15-12-9-6-3)73-67(70)61-58-55-52-49-46-43-39-26-23-20-17-14-11-8-5-2/h7,9-10,12,16,18-19,21,25-27,29-30,32-33,35-36,38-41,44-45,48,64H,4-6,8,11,13-15,17,20,22-24,28,31,34,37,42-43,46-47,49-63H2,1-3H3/b10-7-,12-9-,19-16-,21-18-,27-25-,30-29-,33-32-,36-35-,39-26-,40-38-,44-41-,48-45-. The Hall–Kier alpha value is -4.71. The van der Waals surface area contributed by atoms with E-state index in [-0.39, 0.29) is 37.5 Å². The first-order valence-corrected chi connectivity index (χ1v) is 29.3. The quantitative estimate of drug-likeness (QED) is 0.0261. The molecule has 0 saturated carbocycles. The Kier molecular flexibility index (Phi) is 56.0. The van der Waals surface area contributed by atoms with E-state index in [1.807, 2.05) is 0 Å². The summed E-state index contributed by atoms with van der Waals surface area (Å²) < 4.78 is 16.8. The maximum absolute atomic E-state index is 12.8. The van der Waals surface area contributed by atoms with Gasteiger partial charge in [-0.05, 0) is 141 Å². The predicted molar refractivity (Wildman–Crippen MR) is 315 cm³/mol. The number of carbonyl (C=O) groups excluding carboxylic acids is 3. The van der Waals surface area contributed by atoms with Gasteiger partial charge in [0.15, 0.2) is 6.10 Å². The number of rotatable bonds is 51. The van der Waals surface area contributed by atoms with E-state index in [1.54, 1.807) is 0 Å². The fourth-order valence-electron chi connectivity index (χ4n) is 7.47. The zero-order chi connectivity index (χ0) is 52.9. The van der Waals surface area contributed by atoms with Crippen LogP contribution in [0.25, 0.3) is 0 Å². The Morgan fingerprint density at radius 3 is 0.890 bits per heavy atom. The van der Waals surface area contributed by atoms with Crippen molar-refractivity contribution in [2.45, 2.75) is 245 Å². The second-order valence-corrected chi connectivity index (χ2v) is 18.8. The van der Waals surface area contributed by atoms with E-state index in [1.165, 1.54) is 51.4 Å². The highest BCUT2D eigenvalue weighted by Gasteiger charge is 2.19. The molecule has 0 aromatic carbocycles. The highest BCUT2D eigenvalue weighted by molar-refractivity contribution is 5.71. The average molecular weight is 1010 g/mol. The van der Waals surface area contributed by atoms with E-state index in [9.17, 15) is 14.4 Å². The summed E-state index contributed by atoms with van der Waals surface area (Å²) in [7, 11) is 0. The summed E-state index contributed by atoms with van der Waals surface area (Å²) in [6.07, 6.45) is 85.6. The molecular weight excluding hydrogens is 901 g/mol. The lowest BCUT2D eigenvalue weighted by Gasteiger charge is -2.18. The lowest BCUT2D eigenvalue weighted by molar-refractivity contribution is -0.167. The fraction of sp³-hybridized carbons (Fsp3) is 0.597. The van der Waals surface area contributed by atoms with Gasteiger partial charge in [0.2, 0.25) is 0 Å². The van der Waals surface area contributed by atoms with Gasteiger partial charge >= 0.3 is 17.9 Å². The molecule has 0 aromatic heterocycles. The van der Waals surface area contributed by atoms with E-state index < -0.39 is 6.10 Å². The van der Waals surface area contributed by atoms with Gasteiger partial charge in [0.25, 0.3) is 0 Å². The molecule has 0 bridgehead atoms. The molecule has 0 aromatic rings. The molecule has 0 fully saturated rings. The predicted octanol–water partition coefficient (Wildman–Crippen LogP) is 20.0. The average Bonchev–Trinajstić information content (AvgIpc) is 3.39. The van der Waals surface area contributed by atoms with E-state index in [0.29, 0.717) is 19.3 Å². The molecule has 0 heterocycles. The minimum atomic E-state index is -0.819. The molecule has 0 saturated heterocycles. The van der Waals surface area contributed by atoms with Crippen molar-refractivity contribution in [3.8, 4) is 0 Å². The molecule has 1 atom stereocenters. The summed E-state index contributed by atoms with van der Waals surface area (Å²) in [6.45, 7) is 6.32. The molecule has 1 unspecified atom stereocenters. The first-order chi connectivity index (χ1) is 36.0. The van der Waals surface area contributed by atoms with E-state index in [0.717, 1.165) is 141 Å². The van der Waals surface area contributed by atoms with Gasteiger partial charge in [0.05, 0.1) is 0 Å². The molecule has 0 spiro atoms. The van der Waals surface area contributed by atoms with Gasteiger partial charge in [0.1, 0.15) is 13.2 Å². The van der Waals surface area contributed by atoms with E-state index >= 15 is 0 Å². The normalized spacial score (nSPS) is 13.2. The largest absolute Gasteiger partial charge is 0.462 e. The Morgan fingerprint density at radius 1 is 0.288 bits per heavy atom. The molecular formula is C67H106O6. The molecule has 410 valence electrons. The van der Waals surface area contributed by atoms with Crippen LogP contribution in [-0.4, -0.2) is 37.2 Å². The Morgan fingerprint density at radius 2 is 0.534 bits per heavy atom. The van der Waals surface area contributed by atoms with Crippen LogP contribution >= 0.6 is 0 Å². The highest BCUT2D eigenvalue weighted by atomic mass is 16.6. The zero-order valence-electron chi connectivity index (χ0n) is 46.8. The maximum atomic E-state index is 12.8. The summed E-state index contributed by atoms with van der Waals surface area (Å²) in [5.41, 5.74) is 0. The lowest BCUT2D eigenvalue weighted by atomic mass is 10.1. The molecule has 0 aliphatic heterocycles. The van der Waals surface area contributed by atoms with Crippen LogP contribution in [0.3, 0.4) is 0 Å². The third-order valence-electron chi connectivity index (χ3n) is 11.8. The van der Waals surface area contributed by atoms with Crippen molar-refractivity contribution < 1.29 is 28.6 Å². The van der Waals surface area contributed by atoms with E-state index in [2.05, 4.69) is 167 Å². The second-order valence-electron chi connectivity index (χ2n) is 18.8. The summed E-state index contributed by atoms with van der Waals surface area (Å²) >= 11 is 0. The molecule has 0 aliphatic carbocycles. The van der Waals surface area contributed by atoms with Crippen molar-refractivity contribution >= 4 is 17.9 Å². The molecule has 0 N–H and O–H groups in total. The van der Waals surface area contributed by atoms with Gasteiger partial charge in [-0.15, -0.1) is 0 Å². The fourth-order valence-corrected chi connectivity index (χ4v) is 7.47. The number of esters is 3. The summed E-state index contributed by atoms with van der Waals surface area (Å²) in [5.74, 6) is -1.00. The monoisotopic (exact) mass is 1010 g/mol. The van der Waals surface area contributed by atoms with E-state index in [4.69, 9.17) is 14.2 Å². The van der Waals surface area contributed by atoms with Crippen LogP contribution in [-0.2, 0) is 28.6 Å². The van der Waals surface area contributed by atoms with Crippen LogP contribution in [0.1, 0.15) is 239 Å². The van der Waals surface area contributed by atoms with Crippen molar-refractivity contribution in [1.82, 2.24) is 0 Å². The molecule has 0 aliphatic rings. The van der Waals surface area contributed by atoms with Crippen molar-refractivity contribution in [3.05, 3.63) is 146 Å². The Labute approximate surface area is 448 Å². The summed E-state index contributed by atoms with van der Waals surface area (Å²) in [5, 5.41) is 0. The van der Waals surface area contributed by atoms with Crippen molar-refractivity contribution in [2.24, 2.45) is 0 Å². The number of unbranched alkanes of at least 4 members (excludes halogenated alkanes) is 16. The maximum Gasteiger partial charge on any atom is 0.306 e. The van der Waals surface area contributed by atoms with Gasteiger partial charge in [-0.25, -0.2) is 0 Å². The zero-order valence-corrected chi connectivity index (χ0v) is 46.8. The van der Waals surface area contributed by atoms with Gasteiger partial charge in [0, 0.05) is 19.3 Å². The van der Waals surface area contributed by atoms with Crippen molar-refractivity contribution in [2.75, 3.05) is 13.2 Å². The van der Waals surface area contributed by atoms with Gasteiger partial charge < -0.3 is 14.2 Å². The number of ether oxygens (including phenoxy) is 3. The number of hydrogen-bond donors (Lipinski definition) is 0. The minimum Gasteiger partial charge on any atom is -0.462 e.